The molecule has 3 aromatic rings. The Labute approximate surface area is 214 Å². The summed E-state index contributed by atoms with van der Waals surface area (Å²) in [5, 5.41) is 7.69. The number of aryl methyl sites for hydroxylation is 2. The standard InChI is InChI=1S/C26H25Cl2N3O4/c1-15-7-5-8-16(2)24(15)29-25(32)26(33)31-30-17(3)18-11-12-22(23(13-18)34-4)35-14-19-20(27)9-6-10-21(19)28/h5-13H,14H2,1-4H3,(H,29,32)(H,31,33)/b30-17+. The fraction of sp³-hybridized carbons (Fsp3) is 0.192. The normalized spacial score (nSPS) is 11.1. The highest BCUT2D eigenvalue weighted by Crippen LogP contribution is 2.31. The van der Waals surface area contributed by atoms with Crippen LogP contribution in [0.1, 0.15) is 29.2 Å². The number of nitrogens with one attached hydrogen (secondary N) is 2. The largest absolute Gasteiger partial charge is 0.493 e. The van der Waals surface area contributed by atoms with Crippen molar-refractivity contribution in [3.63, 3.8) is 0 Å². The number of hydrazone groups is 1. The van der Waals surface area contributed by atoms with E-state index in [0.29, 0.717) is 44.1 Å². The molecular formula is C26H25Cl2N3O4. The summed E-state index contributed by atoms with van der Waals surface area (Å²) >= 11 is 12.4. The van der Waals surface area contributed by atoms with E-state index in [0.717, 1.165) is 11.1 Å². The molecule has 0 fully saturated rings. The molecule has 0 saturated heterocycles. The van der Waals surface area contributed by atoms with Crippen LogP contribution in [-0.2, 0) is 16.2 Å². The van der Waals surface area contributed by atoms with Gasteiger partial charge in [-0.2, -0.15) is 5.10 Å². The van der Waals surface area contributed by atoms with Crippen molar-refractivity contribution in [2.45, 2.75) is 27.4 Å². The lowest BCUT2D eigenvalue weighted by Gasteiger charge is -2.14. The number of nitrogens with zero attached hydrogens (tertiary/aromatic N) is 1. The van der Waals surface area contributed by atoms with Crippen molar-refractivity contribution in [3.8, 4) is 11.5 Å². The molecule has 3 rings (SSSR count). The van der Waals surface area contributed by atoms with Gasteiger partial charge >= 0.3 is 11.8 Å². The number of hydrogen-bond donors (Lipinski definition) is 2. The molecule has 0 bridgehead atoms. The zero-order valence-corrected chi connectivity index (χ0v) is 21.3. The van der Waals surface area contributed by atoms with Crippen LogP contribution < -0.4 is 20.2 Å². The minimum Gasteiger partial charge on any atom is -0.493 e. The third kappa shape index (κ3) is 6.53. The Morgan fingerprint density at radius 1 is 0.914 bits per heavy atom. The Hall–Kier alpha value is -3.55. The molecule has 0 aliphatic rings. The predicted molar refractivity (Wildman–Crippen MR) is 139 cm³/mol. The summed E-state index contributed by atoms with van der Waals surface area (Å²) in [6.45, 7) is 5.56. The van der Waals surface area contributed by atoms with E-state index in [-0.39, 0.29) is 6.61 Å². The van der Waals surface area contributed by atoms with Crippen LogP contribution >= 0.6 is 23.2 Å². The molecular weight excluding hydrogens is 489 g/mol. The van der Waals surface area contributed by atoms with Crippen LogP contribution in [0.25, 0.3) is 0 Å². The molecule has 0 heterocycles. The van der Waals surface area contributed by atoms with Crippen LogP contribution in [0.5, 0.6) is 11.5 Å². The molecule has 0 spiro atoms. The number of amides is 2. The highest BCUT2D eigenvalue weighted by Gasteiger charge is 2.16. The minimum absolute atomic E-state index is 0.160. The van der Waals surface area contributed by atoms with Gasteiger partial charge in [-0.25, -0.2) is 5.43 Å². The SMILES string of the molecule is COc1cc(/C(C)=N/NC(=O)C(=O)Nc2c(C)cccc2C)ccc1OCc1c(Cl)cccc1Cl. The smallest absolute Gasteiger partial charge is 0.329 e. The summed E-state index contributed by atoms with van der Waals surface area (Å²) in [4.78, 5) is 24.6. The maximum atomic E-state index is 12.3. The van der Waals surface area contributed by atoms with Gasteiger partial charge in [0.25, 0.3) is 0 Å². The zero-order chi connectivity index (χ0) is 25.5. The van der Waals surface area contributed by atoms with Crippen LogP contribution in [0.4, 0.5) is 5.69 Å². The summed E-state index contributed by atoms with van der Waals surface area (Å²) in [5.41, 5.74) is 6.41. The average molecular weight is 514 g/mol. The van der Waals surface area contributed by atoms with Gasteiger partial charge in [0, 0.05) is 26.9 Å². The van der Waals surface area contributed by atoms with E-state index in [1.165, 1.54) is 7.11 Å². The lowest BCUT2D eigenvalue weighted by molar-refractivity contribution is -0.136. The van der Waals surface area contributed by atoms with E-state index in [4.69, 9.17) is 32.7 Å². The van der Waals surface area contributed by atoms with E-state index in [2.05, 4.69) is 15.8 Å². The first-order valence-electron chi connectivity index (χ1n) is 10.7. The summed E-state index contributed by atoms with van der Waals surface area (Å²) < 4.78 is 11.3. The number of anilines is 1. The van der Waals surface area contributed by atoms with Gasteiger partial charge in [-0.1, -0.05) is 47.5 Å². The fourth-order valence-electron chi connectivity index (χ4n) is 3.26. The first-order chi connectivity index (χ1) is 16.7. The summed E-state index contributed by atoms with van der Waals surface area (Å²) in [6.07, 6.45) is 0. The Kier molecular flexibility index (Phi) is 8.73. The average Bonchev–Trinajstić information content (AvgIpc) is 2.84. The van der Waals surface area contributed by atoms with Gasteiger partial charge in [0.15, 0.2) is 11.5 Å². The van der Waals surface area contributed by atoms with E-state index in [1.54, 1.807) is 43.3 Å². The second kappa shape index (κ2) is 11.7. The third-order valence-electron chi connectivity index (χ3n) is 5.27. The van der Waals surface area contributed by atoms with Crippen LogP contribution in [0.15, 0.2) is 59.7 Å². The Morgan fingerprint density at radius 3 is 2.17 bits per heavy atom. The van der Waals surface area contributed by atoms with Crippen LogP contribution in [0, 0.1) is 13.8 Å². The van der Waals surface area contributed by atoms with Gasteiger partial charge in [0.1, 0.15) is 6.61 Å². The van der Waals surface area contributed by atoms with Crippen molar-refractivity contribution in [2.75, 3.05) is 12.4 Å². The minimum atomic E-state index is -0.879. The molecule has 182 valence electrons. The Bertz CT molecular complexity index is 1250. The van der Waals surface area contributed by atoms with Crippen LogP contribution in [-0.4, -0.2) is 24.6 Å². The number of hydrogen-bond acceptors (Lipinski definition) is 5. The summed E-state index contributed by atoms with van der Waals surface area (Å²) in [5.74, 6) is -0.745. The molecule has 35 heavy (non-hydrogen) atoms. The van der Waals surface area contributed by atoms with Crippen molar-refractivity contribution < 1.29 is 19.1 Å². The molecule has 0 aromatic heterocycles. The van der Waals surface area contributed by atoms with Crippen molar-refractivity contribution in [2.24, 2.45) is 5.10 Å². The second-order valence-electron chi connectivity index (χ2n) is 7.71. The van der Waals surface area contributed by atoms with Crippen LogP contribution in [0.2, 0.25) is 10.0 Å². The molecule has 0 radical (unpaired) electrons. The number of carbonyl (C=O) groups excluding carboxylic acids is 2. The number of rotatable bonds is 7. The van der Waals surface area contributed by atoms with Crippen molar-refractivity contribution >= 4 is 46.4 Å². The molecule has 7 nitrogen and oxygen atoms in total. The maximum absolute atomic E-state index is 12.3. The van der Waals surface area contributed by atoms with Gasteiger partial charge in [0.2, 0.25) is 0 Å². The first kappa shape index (κ1) is 26.1. The number of benzene rings is 3. The molecule has 9 heteroatoms. The van der Waals surface area contributed by atoms with Gasteiger partial charge in [-0.3, -0.25) is 9.59 Å². The van der Waals surface area contributed by atoms with Crippen LogP contribution in [0.3, 0.4) is 0 Å². The maximum Gasteiger partial charge on any atom is 0.329 e. The highest BCUT2D eigenvalue weighted by molar-refractivity contribution is 6.39. The zero-order valence-electron chi connectivity index (χ0n) is 19.7. The molecule has 3 aromatic carbocycles. The number of ether oxygens (including phenoxy) is 2. The van der Waals surface area contributed by atoms with Gasteiger partial charge < -0.3 is 14.8 Å². The highest BCUT2D eigenvalue weighted by atomic mass is 35.5. The monoisotopic (exact) mass is 513 g/mol. The predicted octanol–water partition coefficient (Wildman–Crippen LogP) is 5.68. The molecule has 0 unspecified atom stereocenters. The topological polar surface area (TPSA) is 89.0 Å². The Balaban J connectivity index is 1.67. The number of methoxy groups -OCH3 is 1. The molecule has 2 N–H and O–H groups in total. The number of carbonyl (C=O) groups is 2. The van der Waals surface area contributed by atoms with E-state index in [1.807, 2.05) is 32.0 Å². The molecule has 2 amide bonds. The third-order valence-corrected chi connectivity index (χ3v) is 5.97. The second-order valence-corrected chi connectivity index (χ2v) is 8.53. The number of halogens is 2. The molecule has 0 saturated carbocycles. The van der Waals surface area contributed by atoms with E-state index >= 15 is 0 Å². The molecule has 0 aliphatic carbocycles. The van der Waals surface area contributed by atoms with Gasteiger partial charge in [-0.05, 0) is 62.2 Å². The lowest BCUT2D eigenvalue weighted by atomic mass is 10.1. The van der Waals surface area contributed by atoms with Crippen molar-refractivity contribution in [1.29, 1.82) is 0 Å². The number of para-hydroxylation sites is 1. The fourth-order valence-corrected chi connectivity index (χ4v) is 3.77. The summed E-state index contributed by atoms with van der Waals surface area (Å²) in [6, 6.07) is 16.0. The summed E-state index contributed by atoms with van der Waals surface area (Å²) in [7, 11) is 1.51. The van der Waals surface area contributed by atoms with Crippen molar-refractivity contribution in [1.82, 2.24) is 5.43 Å². The van der Waals surface area contributed by atoms with Crippen molar-refractivity contribution in [3.05, 3.63) is 86.9 Å². The van der Waals surface area contributed by atoms with Gasteiger partial charge in [-0.15, -0.1) is 0 Å². The first-order valence-corrected chi connectivity index (χ1v) is 11.4. The van der Waals surface area contributed by atoms with E-state index < -0.39 is 11.8 Å². The quantitative estimate of drug-likeness (QED) is 0.241. The van der Waals surface area contributed by atoms with Gasteiger partial charge in [0.05, 0.1) is 12.8 Å². The molecule has 0 atom stereocenters. The van der Waals surface area contributed by atoms with E-state index in [9.17, 15) is 9.59 Å². The molecule has 0 aliphatic heterocycles. The lowest BCUT2D eigenvalue weighted by Crippen LogP contribution is -2.33. The Morgan fingerprint density at radius 2 is 1.54 bits per heavy atom.